The minimum atomic E-state index is 0.276. The number of aromatic nitrogens is 2. The van der Waals surface area contributed by atoms with Crippen LogP contribution >= 0.6 is 0 Å². The van der Waals surface area contributed by atoms with Gasteiger partial charge in [-0.25, -0.2) is 4.98 Å². The molecule has 0 amide bonds. The van der Waals surface area contributed by atoms with Gasteiger partial charge < -0.3 is 16.8 Å². The van der Waals surface area contributed by atoms with Crippen LogP contribution in [-0.4, -0.2) is 23.1 Å². The van der Waals surface area contributed by atoms with E-state index in [1.54, 1.807) is 0 Å². The average Bonchev–Trinajstić information content (AvgIpc) is 2.28. The Labute approximate surface area is 76.6 Å². The van der Waals surface area contributed by atoms with Crippen LogP contribution in [0.15, 0.2) is 0 Å². The quantitative estimate of drug-likeness (QED) is 0.491. The summed E-state index contributed by atoms with van der Waals surface area (Å²) in [5.74, 6) is 0.810. The lowest BCUT2D eigenvalue weighted by atomic mass is 10.1. The first-order chi connectivity index (χ1) is 6.27. The highest BCUT2D eigenvalue weighted by Crippen LogP contribution is 2.17. The second-order valence-corrected chi connectivity index (χ2v) is 3.14. The third-order valence-electron chi connectivity index (χ3n) is 2.23. The van der Waals surface area contributed by atoms with Gasteiger partial charge in [-0.1, -0.05) is 0 Å². The lowest BCUT2D eigenvalue weighted by molar-refractivity contribution is 0.708. The van der Waals surface area contributed by atoms with Gasteiger partial charge in [-0.2, -0.15) is 4.98 Å². The van der Waals surface area contributed by atoms with E-state index in [0.29, 0.717) is 5.82 Å². The van der Waals surface area contributed by atoms with Gasteiger partial charge in [0.1, 0.15) is 5.82 Å². The summed E-state index contributed by atoms with van der Waals surface area (Å²) in [5.41, 5.74) is 13.3. The molecule has 1 aromatic rings. The van der Waals surface area contributed by atoms with Gasteiger partial charge in [-0.15, -0.1) is 0 Å². The van der Waals surface area contributed by atoms with Crippen molar-refractivity contribution in [1.29, 1.82) is 0 Å². The van der Waals surface area contributed by atoms with E-state index < -0.39 is 0 Å². The molecule has 13 heavy (non-hydrogen) atoms. The normalized spacial score (nSPS) is 16.3. The monoisotopic (exact) mass is 179 g/mol. The van der Waals surface area contributed by atoms with Gasteiger partial charge in [-0.3, -0.25) is 0 Å². The van der Waals surface area contributed by atoms with Crippen molar-refractivity contribution in [2.45, 2.75) is 12.8 Å². The molecule has 0 saturated heterocycles. The molecule has 0 aromatic carbocycles. The second kappa shape index (κ2) is 3.18. The molecule has 70 valence electrons. The van der Waals surface area contributed by atoms with Crippen LogP contribution in [0.1, 0.15) is 11.3 Å². The van der Waals surface area contributed by atoms with Crippen molar-refractivity contribution in [2.75, 3.05) is 24.6 Å². The Bertz CT molecular complexity index is 323. The zero-order valence-corrected chi connectivity index (χ0v) is 7.38. The van der Waals surface area contributed by atoms with Gasteiger partial charge in [0.15, 0.2) is 0 Å². The van der Waals surface area contributed by atoms with Crippen molar-refractivity contribution in [1.82, 2.24) is 15.3 Å². The van der Waals surface area contributed by atoms with Gasteiger partial charge in [0.25, 0.3) is 0 Å². The maximum Gasteiger partial charge on any atom is 0.222 e. The predicted octanol–water partition coefficient (Wildman–Crippen LogP) is -0.671. The lowest BCUT2D eigenvalue weighted by Crippen LogP contribution is -2.16. The minimum Gasteiger partial charge on any atom is -0.383 e. The molecule has 0 atom stereocenters. The fourth-order valence-corrected chi connectivity index (χ4v) is 1.59. The Hall–Kier alpha value is -1.36. The van der Waals surface area contributed by atoms with E-state index in [-0.39, 0.29) is 5.95 Å². The summed E-state index contributed by atoms with van der Waals surface area (Å²) < 4.78 is 0. The van der Waals surface area contributed by atoms with Gasteiger partial charge in [0, 0.05) is 18.5 Å². The average molecular weight is 179 g/mol. The second-order valence-electron chi connectivity index (χ2n) is 3.14. The summed E-state index contributed by atoms with van der Waals surface area (Å²) >= 11 is 0. The highest BCUT2D eigenvalue weighted by Gasteiger charge is 2.13. The van der Waals surface area contributed by atoms with E-state index in [9.17, 15) is 0 Å². The number of anilines is 2. The Morgan fingerprint density at radius 3 is 2.69 bits per heavy atom. The van der Waals surface area contributed by atoms with Crippen LogP contribution < -0.4 is 16.8 Å². The Kier molecular flexibility index (Phi) is 2.02. The Morgan fingerprint density at radius 1 is 1.08 bits per heavy atom. The van der Waals surface area contributed by atoms with Crippen molar-refractivity contribution in [3.8, 4) is 0 Å². The molecule has 0 fully saturated rings. The molecule has 0 bridgehead atoms. The van der Waals surface area contributed by atoms with Crippen molar-refractivity contribution in [3.63, 3.8) is 0 Å². The molecular formula is C8H13N5. The highest BCUT2D eigenvalue weighted by atomic mass is 15.0. The summed E-state index contributed by atoms with van der Waals surface area (Å²) in [6.45, 7) is 1.87. The molecule has 2 rings (SSSR count). The molecule has 5 nitrogen and oxygen atoms in total. The van der Waals surface area contributed by atoms with E-state index in [4.69, 9.17) is 11.5 Å². The first kappa shape index (κ1) is 8.25. The standard InChI is InChI=1S/C8H13N5/c9-7-5-1-3-11-4-2-6(5)12-8(10)13-7/h11H,1-4H2,(H4,9,10,12,13). The van der Waals surface area contributed by atoms with E-state index in [0.717, 1.165) is 37.2 Å². The smallest absolute Gasteiger partial charge is 0.222 e. The number of nitrogens with zero attached hydrogens (tertiary/aromatic N) is 2. The number of nitrogens with one attached hydrogen (secondary N) is 1. The van der Waals surface area contributed by atoms with Crippen LogP contribution in [0.25, 0.3) is 0 Å². The van der Waals surface area contributed by atoms with Crippen LogP contribution in [0.4, 0.5) is 11.8 Å². The van der Waals surface area contributed by atoms with Gasteiger partial charge in [-0.05, 0) is 13.0 Å². The Balaban J connectivity index is 2.47. The van der Waals surface area contributed by atoms with Crippen LogP contribution in [0, 0.1) is 0 Å². The largest absolute Gasteiger partial charge is 0.383 e. The maximum absolute atomic E-state index is 5.75. The van der Waals surface area contributed by atoms with Gasteiger partial charge in [0.05, 0.1) is 5.69 Å². The van der Waals surface area contributed by atoms with Crippen molar-refractivity contribution >= 4 is 11.8 Å². The molecule has 0 aliphatic carbocycles. The molecule has 1 aromatic heterocycles. The number of rotatable bonds is 0. The number of hydrogen-bond donors (Lipinski definition) is 3. The summed E-state index contributed by atoms with van der Waals surface area (Å²) in [7, 11) is 0. The Morgan fingerprint density at radius 2 is 1.85 bits per heavy atom. The fourth-order valence-electron chi connectivity index (χ4n) is 1.59. The van der Waals surface area contributed by atoms with E-state index in [2.05, 4.69) is 15.3 Å². The van der Waals surface area contributed by atoms with Crippen molar-refractivity contribution in [2.24, 2.45) is 0 Å². The molecule has 2 heterocycles. The molecule has 0 saturated carbocycles. The van der Waals surface area contributed by atoms with Gasteiger partial charge >= 0.3 is 0 Å². The molecule has 0 spiro atoms. The predicted molar refractivity (Wildman–Crippen MR) is 51.1 cm³/mol. The first-order valence-electron chi connectivity index (χ1n) is 4.39. The van der Waals surface area contributed by atoms with Crippen molar-refractivity contribution in [3.05, 3.63) is 11.3 Å². The van der Waals surface area contributed by atoms with Crippen LogP contribution in [-0.2, 0) is 12.8 Å². The molecule has 1 aliphatic rings. The van der Waals surface area contributed by atoms with Crippen LogP contribution in [0.5, 0.6) is 0 Å². The third-order valence-corrected chi connectivity index (χ3v) is 2.23. The molecular weight excluding hydrogens is 166 g/mol. The SMILES string of the molecule is Nc1nc(N)c2c(n1)CCNCC2. The number of nitrogens with two attached hydrogens (primary N) is 2. The summed E-state index contributed by atoms with van der Waals surface area (Å²) in [5, 5.41) is 3.28. The zero-order valence-electron chi connectivity index (χ0n) is 7.38. The molecule has 1 aliphatic heterocycles. The number of nitrogen functional groups attached to an aromatic ring is 2. The lowest BCUT2D eigenvalue weighted by Gasteiger charge is -2.06. The van der Waals surface area contributed by atoms with E-state index in [1.807, 2.05) is 0 Å². The first-order valence-corrected chi connectivity index (χ1v) is 4.39. The fraction of sp³-hybridized carbons (Fsp3) is 0.500. The molecule has 0 radical (unpaired) electrons. The van der Waals surface area contributed by atoms with Crippen molar-refractivity contribution < 1.29 is 0 Å². The molecule has 5 heteroatoms. The molecule has 5 N–H and O–H groups in total. The topological polar surface area (TPSA) is 89.8 Å². The summed E-state index contributed by atoms with van der Waals surface area (Å²) in [4.78, 5) is 8.13. The highest BCUT2D eigenvalue weighted by molar-refractivity contribution is 5.46. The zero-order chi connectivity index (χ0) is 9.26. The van der Waals surface area contributed by atoms with Crippen LogP contribution in [0.2, 0.25) is 0 Å². The number of fused-ring (bicyclic) bond motifs is 1. The summed E-state index contributed by atoms with van der Waals surface area (Å²) in [6.07, 6.45) is 1.77. The molecule has 0 unspecified atom stereocenters. The van der Waals surface area contributed by atoms with Crippen LogP contribution in [0.3, 0.4) is 0 Å². The van der Waals surface area contributed by atoms with E-state index >= 15 is 0 Å². The third kappa shape index (κ3) is 1.55. The maximum atomic E-state index is 5.75. The van der Waals surface area contributed by atoms with E-state index in [1.165, 1.54) is 0 Å². The van der Waals surface area contributed by atoms with Gasteiger partial charge in [0.2, 0.25) is 5.95 Å². The number of hydrogen-bond acceptors (Lipinski definition) is 5. The minimum absolute atomic E-state index is 0.276. The summed E-state index contributed by atoms with van der Waals surface area (Å²) in [6, 6.07) is 0.